The quantitative estimate of drug-likeness (QED) is 0.0665. The number of anilines is 12. The Labute approximate surface area is 809 Å². The molecule has 4 heteroatoms. The van der Waals surface area contributed by atoms with E-state index in [-0.39, 0.29) is 0 Å². The van der Waals surface area contributed by atoms with Gasteiger partial charge in [-0.15, -0.1) is 0 Å². The summed E-state index contributed by atoms with van der Waals surface area (Å²) in [6.45, 7) is 8.67. The molecule has 23 aromatic carbocycles. The van der Waals surface area contributed by atoms with Gasteiger partial charge in [0, 0.05) is 68.2 Å². The molecule has 0 saturated heterocycles. The average molecular weight is 1770 g/mol. The van der Waals surface area contributed by atoms with Crippen molar-refractivity contribution in [2.75, 3.05) is 19.6 Å². The van der Waals surface area contributed by atoms with Crippen molar-refractivity contribution in [3.8, 4) is 100 Å². The van der Waals surface area contributed by atoms with Crippen LogP contribution in [0, 0.1) is 27.7 Å². The zero-order valence-corrected chi connectivity index (χ0v) is 77.6. The summed E-state index contributed by atoms with van der Waals surface area (Å²) in [4.78, 5) is 9.42. The van der Waals surface area contributed by atoms with Crippen LogP contribution in [0.2, 0.25) is 0 Å². The Morgan fingerprint density at radius 3 is 0.507 bits per heavy atom. The minimum Gasteiger partial charge on any atom is -0.311 e. The molecule has 23 aromatic rings. The highest BCUT2D eigenvalue weighted by atomic mass is 15.2. The molecule has 0 aromatic heterocycles. The van der Waals surface area contributed by atoms with Crippen LogP contribution in [0.1, 0.15) is 22.3 Å². The van der Waals surface area contributed by atoms with E-state index in [4.69, 9.17) is 0 Å². The Hall–Kier alpha value is -17.7. The molecular formula is C134H100N4. The van der Waals surface area contributed by atoms with Crippen LogP contribution in [0.3, 0.4) is 0 Å². The van der Waals surface area contributed by atoms with Gasteiger partial charge in [-0.2, -0.15) is 0 Å². The summed E-state index contributed by atoms with van der Waals surface area (Å²) in [6, 6.07) is 194. The van der Waals surface area contributed by atoms with Gasteiger partial charge in [0.1, 0.15) is 0 Å². The lowest BCUT2D eigenvalue weighted by Gasteiger charge is -2.27. The largest absolute Gasteiger partial charge is 0.311 e. The third-order valence-electron chi connectivity index (χ3n) is 26.7. The molecule has 0 N–H and O–H groups in total. The van der Waals surface area contributed by atoms with Gasteiger partial charge >= 0.3 is 0 Å². The van der Waals surface area contributed by atoms with Gasteiger partial charge < -0.3 is 19.6 Å². The van der Waals surface area contributed by atoms with E-state index in [2.05, 4.69) is 581 Å². The Bertz CT molecular complexity index is 8180. The van der Waals surface area contributed by atoms with Crippen molar-refractivity contribution in [1.29, 1.82) is 0 Å². The van der Waals surface area contributed by atoms with E-state index in [0.717, 1.165) is 90.5 Å². The van der Waals surface area contributed by atoms with Crippen molar-refractivity contribution < 1.29 is 0 Å². The summed E-state index contributed by atoms with van der Waals surface area (Å²) < 4.78 is 0. The topological polar surface area (TPSA) is 13.0 Å². The Morgan fingerprint density at radius 1 is 0.109 bits per heavy atom. The highest BCUT2D eigenvalue weighted by Gasteiger charge is 2.22. The lowest BCUT2D eigenvalue weighted by Crippen LogP contribution is -2.10. The molecule has 0 saturated carbocycles. The van der Waals surface area contributed by atoms with Crippen molar-refractivity contribution in [3.63, 3.8) is 0 Å². The van der Waals surface area contributed by atoms with E-state index < -0.39 is 0 Å². The van der Waals surface area contributed by atoms with Gasteiger partial charge in [-0.05, 0) is 340 Å². The van der Waals surface area contributed by atoms with Crippen molar-refractivity contribution in [2.45, 2.75) is 27.7 Å². The maximum atomic E-state index is 2.36. The number of hydrogen-bond donors (Lipinski definition) is 0. The first-order chi connectivity index (χ1) is 68.0. The van der Waals surface area contributed by atoms with Crippen LogP contribution in [0.4, 0.5) is 68.2 Å². The lowest BCUT2D eigenvalue weighted by atomic mass is 9.93. The number of nitrogens with zero attached hydrogens (tertiary/aromatic N) is 4. The highest BCUT2D eigenvalue weighted by Crippen LogP contribution is 2.47. The van der Waals surface area contributed by atoms with Gasteiger partial charge in [0.2, 0.25) is 0 Å². The molecular weight excluding hydrogens is 1670 g/mol. The molecule has 138 heavy (non-hydrogen) atoms. The van der Waals surface area contributed by atoms with Crippen LogP contribution in [-0.2, 0) is 0 Å². The Balaban J connectivity index is 0.000000160. The second kappa shape index (κ2) is 38.5. The molecule has 0 bridgehead atoms. The number of benzene rings is 23. The standard InChI is InChI=1S/C70H52N2.C64H48N2/c1-49-45-50(2)47-60(46-49)57-29-41-65(42-30-57)71(61-33-21-53(22-34-61)51-13-5-3-6-14-51)63-37-25-55(26-38-63)56-27-39-64(40-28-56)72(62-35-23-54(24-36-62)52-15-7-4-8-16-52)66-43-31-58(32-44-66)70-48-59-17-9-10-18-67(59)68-19-11-12-20-69(68)70;1-45-41-46(2)43-60(42-45)66(58-35-23-50(24-36-58)48-15-7-4-8-16-48)59-37-27-52(28-38-59)51-25-33-56(34-26-51)65(55-31-21-49(22-32-55)47-13-5-3-6-14-47)57-39-29-53(30-40-57)64-44-54-17-9-10-18-61(54)62-19-11-12-20-63(62)64/h3-48H,1-2H3;3-44H,1-2H3. The van der Waals surface area contributed by atoms with Crippen LogP contribution in [-0.4, -0.2) is 0 Å². The van der Waals surface area contributed by atoms with Crippen molar-refractivity contribution in [2.24, 2.45) is 0 Å². The van der Waals surface area contributed by atoms with Gasteiger partial charge in [0.15, 0.2) is 0 Å². The Kier molecular flexibility index (Phi) is 23.9. The molecule has 0 fully saturated rings. The summed E-state index contributed by atoms with van der Waals surface area (Å²) >= 11 is 0. The summed E-state index contributed by atoms with van der Waals surface area (Å²) in [5.74, 6) is 0. The van der Waals surface area contributed by atoms with Gasteiger partial charge in [-0.3, -0.25) is 0 Å². The first-order valence-corrected chi connectivity index (χ1v) is 47.5. The minimum atomic E-state index is 1.08. The average Bonchev–Trinajstić information content (AvgIpc) is 0.760. The maximum Gasteiger partial charge on any atom is 0.0466 e. The molecule has 0 spiro atoms. The molecule has 4 nitrogen and oxygen atoms in total. The van der Waals surface area contributed by atoms with Crippen molar-refractivity contribution >= 4 is 111 Å². The van der Waals surface area contributed by atoms with Gasteiger partial charge in [0.25, 0.3) is 0 Å². The van der Waals surface area contributed by atoms with E-state index in [1.54, 1.807) is 0 Å². The maximum absolute atomic E-state index is 2.36. The molecule has 23 rings (SSSR count). The summed E-state index contributed by atoms with van der Waals surface area (Å²) in [5, 5.41) is 10.1. The van der Waals surface area contributed by atoms with Gasteiger partial charge in [-0.25, -0.2) is 0 Å². The fraction of sp³-hybridized carbons (Fsp3) is 0.0299. The molecule has 0 unspecified atom stereocenters. The molecule has 0 aliphatic heterocycles. The molecule has 0 aliphatic carbocycles. The van der Waals surface area contributed by atoms with Gasteiger partial charge in [0.05, 0.1) is 0 Å². The van der Waals surface area contributed by atoms with E-state index in [9.17, 15) is 0 Å². The Morgan fingerprint density at radius 2 is 0.275 bits per heavy atom. The van der Waals surface area contributed by atoms with E-state index in [1.165, 1.54) is 143 Å². The van der Waals surface area contributed by atoms with E-state index in [1.807, 2.05) is 0 Å². The third kappa shape index (κ3) is 18.0. The van der Waals surface area contributed by atoms with E-state index in [0.29, 0.717) is 0 Å². The molecule has 0 amide bonds. The summed E-state index contributed by atoms with van der Waals surface area (Å²) in [6.07, 6.45) is 0. The van der Waals surface area contributed by atoms with Crippen LogP contribution in [0.5, 0.6) is 0 Å². The molecule has 0 heterocycles. The molecule has 0 radical (unpaired) electrons. The lowest BCUT2D eigenvalue weighted by molar-refractivity contribution is 1.25. The number of fused-ring (bicyclic) bond motifs is 6. The molecule has 0 atom stereocenters. The normalized spacial score (nSPS) is 11.2. The van der Waals surface area contributed by atoms with Crippen LogP contribution in [0.15, 0.2) is 534 Å². The SMILES string of the molecule is Cc1cc(C)cc(-c2ccc(N(c3ccc(-c4ccccc4)cc3)c3ccc(-c4ccc(N(c5ccc(-c6ccccc6)cc5)c5ccc(-c6cc7ccccc7c7ccccc67)cc5)cc4)cc3)cc2)c1.Cc1cc(C)cc(N(c2ccc(-c3ccccc3)cc2)c2ccc(-c3ccc(N(c4ccc(-c5ccccc5)cc4)c4ccc(-c5cc6ccccc6c6ccccc56)cc4)cc3)cc2)c1. The third-order valence-corrected chi connectivity index (χ3v) is 26.7. The number of aryl methyl sites for hydroxylation is 4. The van der Waals surface area contributed by atoms with Crippen LogP contribution in [0.25, 0.3) is 143 Å². The zero-order chi connectivity index (χ0) is 92.8. The van der Waals surface area contributed by atoms with Crippen molar-refractivity contribution in [3.05, 3.63) is 556 Å². The summed E-state index contributed by atoms with van der Waals surface area (Å²) in [5.41, 5.74) is 39.8. The highest BCUT2D eigenvalue weighted by molar-refractivity contribution is 6.15. The smallest absolute Gasteiger partial charge is 0.0466 e. The van der Waals surface area contributed by atoms with Gasteiger partial charge in [-0.1, -0.05) is 387 Å². The summed E-state index contributed by atoms with van der Waals surface area (Å²) in [7, 11) is 0. The minimum absolute atomic E-state index is 1.08. The second-order valence-corrected chi connectivity index (χ2v) is 35.9. The fourth-order valence-corrected chi connectivity index (χ4v) is 19.9. The first-order valence-electron chi connectivity index (χ1n) is 47.5. The van der Waals surface area contributed by atoms with E-state index >= 15 is 0 Å². The number of rotatable bonds is 21. The predicted octanol–water partition coefficient (Wildman–Crippen LogP) is 38.1. The molecule has 0 aliphatic rings. The van der Waals surface area contributed by atoms with Crippen LogP contribution >= 0.6 is 0 Å². The van der Waals surface area contributed by atoms with Crippen molar-refractivity contribution in [1.82, 2.24) is 0 Å². The first kappa shape index (κ1) is 85.8. The fourth-order valence-electron chi connectivity index (χ4n) is 19.9. The second-order valence-electron chi connectivity index (χ2n) is 35.9. The number of hydrogen-bond acceptors (Lipinski definition) is 4. The predicted molar refractivity (Wildman–Crippen MR) is 590 cm³/mol. The molecule has 656 valence electrons. The van der Waals surface area contributed by atoms with Crippen LogP contribution < -0.4 is 19.6 Å². The monoisotopic (exact) mass is 1760 g/mol. The zero-order valence-electron chi connectivity index (χ0n) is 77.6.